The highest BCUT2D eigenvalue weighted by molar-refractivity contribution is 6.29. The average Bonchev–Trinajstić information content (AvgIpc) is 2.81. The molecule has 32 heavy (non-hydrogen) atoms. The Morgan fingerprint density at radius 3 is 2.53 bits per heavy atom. The van der Waals surface area contributed by atoms with Gasteiger partial charge in [0.05, 0.1) is 12.7 Å². The van der Waals surface area contributed by atoms with E-state index in [9.17, 15) is 15.0 Å². The number of hydrogen-bond acceptors (Lipinski definition) is 5. The van der Waals surface area contributed by atoms with E-state index < -0.39 is 12.1 Å². The van der Waals surface area contributed by atoms with Crippen molar-refractivity contribution in [2.75, 3.05) is 19.7 Å². The number of aromatic nitrogens is 1. The van der Waals surface area contributed by atoms with Crippen LogP contribution in [0.25, 0.3) is 11.1 Å². The molecule has 1 aromatic heterocycles. The summed E-state index contributed by atoms with van der Waals surface area (Å²) in [7, 11) is 0. The molecule has 168 valence electrons. The van der Waals surface area contributed by atoms with Crippen molar-refractivity contribution in [2.24, 2.45) is 0 Å². The van der Waals surface area contributed by atoms with Crippen LogP contribution in [-0.2, 0) is 6.42 Å². The molecule has 0 amide bonds. The van der Waals surface area contributed by atoms with Gasteiger partial charge < -0.3 is 20.3 Å². The maximum Gasteiger partial charge on any atom is 0.339 e. The summed E-state index contributed by atoms with van der Waals surface area (Å²) in [6.45, 7) is 3.60. The van der Waals surface area contributed by atoms with Crippen molar-refractivity contribution >= 4 is 17.6 Å². The fourth-order valence-electron chi connectivity index (χ4n) is 3.25. The minimum atomic E-state index is -0.997. The normalized spacial score (nSPS) is 11.8. The lowest BCUT2D eigenvalue weighted by Crippen LogP contribution is -2.23. The number of nitrogens with one attached hydrogen (secondary N) is 1. The van der Waals surface area contributed by atoms with Gasteiger partial charge in [-0.3, -0.25) is 0 Å². The summed E-state index contributed by atoms with van der Waals surface area (Å²) >= 11 is 5.77. The number of pyridine rings is 1. The summed E-state index contributed by atoms with van der Waals surface area (Å²) in [5.74, 6) is -0.609. The van der Waals surface area contributed by atoms with Crippen molar-refractivity contribution in [2.45, 2.75) is 25.9 Å². The van der Waals surface area contributed by atoms with E-state index in [1.54, 1.807) is 36.5 Å². The van der Waals surface area contributed by atoms with Crippen LogP contribution in [0.4, 0.5) is 0 Å². The molecule has 3 N–H and O–H groups in total. The summed E-state index contributed by atoms with van der Waals surface area (Å²) in [5, 5.41) is 23.2. The first-order valence-electron chi connectivity index (χ1n) is 10.6. The summed E-state index contributed by atoms with van der Waals surface area (Å²) in [6.07, 6.45) is 2.56. The van der Waals surface area contributed by atoms with Gasteiger partial charge in [0, 0.05) is 18.3 Å². The molecule has 1 heterocycles. The second kappa shape index (κ2) is 11.6. The van der Waals surface area contributed by atoms with Crippen LogP contribution in [0.2, 0.25) is 5.15 Å². The standard InChI is InChI=1S/C25H27ClN2O4/c1-2-13-32-23-14-19(7-9-21(23)25(30)31)18-5-3-17(4-6-18)11-12-27-16-22(29)20-8-10-24(26)28-15-20/h3-10,14-15,22,27,29H,2,11-13,16H2,1H3,(H,30,31)/t22-/m0/s1. The van der Waals surface area contributed by atoms with Crippen molar-refractivity contribution in [3.8, 4) is 16.9 Å². The Morgan fingerprint density at radius 1 is 1.12 bits per heavy atom. The zero-order valence-electron chi connectivity index (χ0n) is 17.9. The molecule has 2 aromatic carbocycles. The monoisotopic (exact) mass is 454 g/mol. The van der Waals surface area contributed by atoms with Crippen LogP contribution >= 0.6 is 11.6 Å². The zero-order valence-corrected chi connectivity index (χ0v) is 18.7. The molecule has 7 heteroatoms. The van der Waals surface area contributed by atoms with Crippen molar-refractivity contribution in [1.29, 1.82) is 0 Å². The second-order valence-electron chi connectivity index (χ2n) is 7.45. The summed E-state index contributed by atoms with van der Waals surface area (Å²) < 4.78 is 5.64. The number of aliphatic hydroxyl groups excluding tert-OH is 1. The third-order valence-corrected chi connectivity index (χ3v) is 5.25. The number of hydrogen-bond donors (Lipinski definition) is 3. The summed E-state index contributed by atoms with van der Waals surface area (Å²) in [4.78, 5) is 15.4. The van der Waals surface area contributed by atoms with Crippen molar-refractivity contribution in [3.05, 3.63) is 82.6 Å². The Morgan fingerprint density at radius 2 is 1.88 bits per heavy atom. The number of aliphatic hydroxyl groups is 1. The third kappa shape index (κ3) is 6.53. The fourth-order valence-corrected chi connectivity index (χ4v) is 3.36. The molecular formula is C25H27ClN2O4. The maximum absolute atomic E-state index is 11.4. The molecular weight excluding hydrogens is 428 g/mol. The SMILES string of the molecule is CCCOc1cc(-c2ccc(CCNC[C@H](O)c3ccc(Cl)nc3)cc2)ccc1C(=O)O. The number of carboxylic acid groups (broad SMARTS) is 1. The maximum atomic E-state index is 11.4. The second-order valence-corrected chi connectivity index (χ2v) is 7.83. The number of aromatic carboxylic acids is 1. The first-order chi connectivity index (χ1) is 15.5. The van der Waals surface area contributed by atoms with Gasteiger partial charge in [-0.05, 0) is 54.3 Å². The highest BCUT2D eigenvalue weighted by Crippen LogP contribution is 2.28. The van der Waals surface area contributed by atoms with Gasteiger partial charge in [0.2, 0.25) is 0 Å². The van der Waals surface area contributed by atoms with Gasteiger partial charge in [0.15, 0.2) is 0 Å². The number of benzene rings is 2. The molecule has 0 saturated heterocycles. The minimum absolute atomic E-state index is 0.168. The van der Waals surface area contributed by atoms with E-state index >= 15 is 0 Å². The molecule has 0 aliphatic heterocycles. The highest BCUT2D eigenvalue weighted by atomic mass is 35.5. The number of carbonyl (C=O) groups is 1. The van der Waals surface area contributed by atoms with E-state index in [4.69, 9.17) is 16.3 Å². The lowest BCUT2D eigenvalue weighted by Gasteiger charge is -2.12. The van der Waals surface area contributed by atoms with Crippen molar-refractivity contribution in [1.82, 2.24) is 10.3 Å². The van der Waals surface area contributed by atoms with Crippen LogP contribution < -0.4 is 10.1 Å². The molecule has 1 atom stereocenters. The van der Waals surface area contributed by atoms with E-state index in [0.29, 0.717) is 24.1 Å². The van der Waals surface area contributed by atoms with Crippen LogP contribution in [0.3, 0.4) is 0 Å². The molecule has 0 bridgehead atoms. The molecule has 0 fully saturated rings. The van der Waals surface area contributed by atoms with Gasteiger partial charge >= 0.3 is 5.97 Å². The highest BCUT2D eigenvalue weighted by Gasteiger charge is 2.13. The number of rotatable bonds is 11. The molecule has 0 aliphatic rings. The molecule has 0 spiro atoms. The molecule has 0 saturated carbocycles. The van der Waals surface area contributed by atoms with Crippen LogP contribution in [0.1, 0.15) is 40.9 Å². The Balaban J connectivity index is 1.55. The fraction of sp³-hybridized carbons (Fsp3) is 0.280. The largest absolute Gasteiger partial charge is 0.493 e. The van der Waals surface area contributed by atoms with Crippen molar-refractivity contribution < 1.29 is 19.7 Å². The predicted molar refractivity (Wildman–Crippen MR) is 125 cm³/mol. The predicted octanol–water partition coefficient (Wildman–Crippen LogP) is 4.75. The van der Waals surface area contributed by atoms with Gasteiger partial charge in [-0.15, -0.1) is 0 Å². The van der Waals surface area contributed by atoms with Crippen LogP contribution in [-0.4, -0.2) is 40.9 Å². The molecule has 0 unspecified atom stereocenters. The molecule has 3 rings (SSSR count). The first kappa shape index (κ1) is 23.7. The van der Waals surface area contributed by atoms with E-state index in [-0.39, 0.29) is 5.56 Å². The smallest absolute Gasteiger partial charge is 0.339 e. The van der Waals surface area contributed by atoms with E-state index in [1.807, 2.05) is 31.2 Å². The lowest BCUT2D eigenvalue weighted by molar-refractivity contribution is 0.0692. The van der Waals surface area contributed by atoms with Gasteiger partial charge in [0.25, 0.3) is 0 Å². The Hall–Kier alpha value is -2.93. The van der Waals surface area contributed by atoms with Crippen LogP contribution in [0.15, 0.2) is 60.8 Å². The summed E-state index contributed by atoms with van der Waals surface area (Å²) in [5.41, 5.74) is 3.95. The Bertz CT molecular complexity index is 1020. The molecule has 6 nitrogen and oxygen atoms in total. The molecule has 0 radical (unpaired) electrons. The average molecular weight is 455 g/mol. The third-order valence-electron chi connectivity index (χ3n) is 5.02. The van der Waals surface area contributed by atoms with Crippen molar-refractivity contribution in [3.63, 3.8) is 0 Å². The number of carboxylic acids is 1. The lowest BCUT2D eigenvalue weighted by atomic mass is 10.0. The van der Waals surface area contributed by atoms with E-state index in [0.717, 1.165) is 41.6 Å². The van der Waals surface area contributed by atoms with Gasteiger partial charge in [-0.25, -0.2) is 9.78 Å². The quantitative estimate of drug-likeness (QED) is 0.286. The van der Waals surface area contributed by atoms with Gasteiger partial charge in [-0.2, -0.15) is 0 Å². The number of halogens is 1. The Kier molecular flexibility index (Phi) is 8.62. The molecule has 0 aliphatic carbocycles. The topological polar surface area (TPSA) is 91.7 Å². The van der Waals surface area contributed by atoms with Gasteiger partial charge in [-0.1, -0.05) is 54.9 Å². The number of nitrogens with zero attached hydrogens (tertiary/aromatic N) is 1. The molecule has 3 aromatic rings. The first-order valence-corrected chi connectivity index (χ1v) is 11.0. The van der Waals surface area contributed by atoms with Crippen LogP contribution in [0, 0.1) is 0 Å². The minimum Gasteiger partial charge on any atom is -0.493 e. The summed E-state index contributed by atoms with van der Waals surface area (Å²) in [6, 6.07) is 16.7. The Labute approximate surface area is 192 Å². The van der Waals surface area contributed by atoms with E-state index in [2.05, 4.69) is 10.3 Å². The zero-order chi connectivity index (χ0) is 22.9. The number of ether oxygens (including phenoxy) is 1. The van der Waals surface area contributed by atoms with E-state index in [1.165, 1.54) is 0 Å². The van der Waals surface area contributed by atoms with Gasteiger partial charge in [0.1, 0.15) is 16.5 Å². The van der Waals surface area contributed by atoms with Crippen LogP contribution in [0.5, 0.6) is 5.75 Å².